The molecule has 1 aliphatic rings. The standard InChI is InChI=1S/C32H40N4O8S/c1-21-18-36(22(2)20-37)31(38)17-23-16-25(34-32(39)33-24-6-9-26(42-4)10-7-24)8-15-29(23)44-30(21)19-35(3)45(40,41)28-13-11-27(43-5)12-14-28/h6-16,21-22,30,37H,17-20H2,1-5H3,(H2,33,34,39)/t21-,22+,30+/m0/s1. The third-order valence-corrected chi connectivity index (χ3v) is 9.56. The second-order valence-corrected chi connectivity index (χ2v) is 13.0. The number of carbonyl (C=O) groups is 2. The Balaban J connectivity index is 1.59. The van der Waals surface area contributed by atoms with Crippen LogP contribution in [0.5, 0.6) is 17.2 Å². The van der Waals surface area contributed by atoms with Crippen LogP contribution >= 0.6 is 0 Å². The Morgan fingerprint density at radius 2 is 1.60 bits per heavy atom. The number of anilines is 2. The number of aliphatic hydroxyl groups excluding tert-OH is 1. The molecule has 1 aliphatic heterocycles. The number of urea groups is 1. The summed E-state index contributed by atoms with van der Waals surface area (Å²) < 4.78 is 44.9. The molecule has 3 atom stereocenters. The molecule has 0 saturated carbocycles. The van der Waals surface area contributed by atoms with Crippen LogP contribution < -0.4 is 24.8 Å². The highest BCUT2D eigenvalue weighted by Crippen LogP contribution is 2.30. The first kappa shape index (κ1) is 33.6. The Morgan fingerprint density at radius 1 is 1.02 bits per heavy atom. The van der Waals surface area contributed by atoms with E-state index in [0.29, 0.717) is 34.2 Å². The zero-order valence-electron chi connectivity index (χ0n) is 26.0. The van der Waals surface area contributed by atoms with Crippen LogP contribution in [0.3, 0.4) is 0 Å². The maximum atomic E-state index is 13.5. The summed E-state index contributed by atoms with van der Waals surface area (Å²) in [6.07, 6.45) is -0.701. The Hall–Kier alpha value is -4.33. The monoisotopic (exact) mass is 640 g/mol. The lowest BCUT2D eigenvalue weighted by atomic mass is 10.0. The van der Waals surface area contributed by atoms with Gasteiger partial charge in [-0.15, -0.1) is 0 Å². The van der Waals surface area contributed by atoms with Gasteiger partial charge in [0.25, 0.3) is 0 Å². The molecular weight excluding hydrogens is 600 g/mol. The van der Waals surface area contributed by atoms with Crippen LogP contribution in [-0.4, -0.2) is 87.8 Å². The molecule has 0 bridgehead atoms. The summed E-state index contributed by atoms with van der Waals surface area (Å²) in [6.45, 7) is 3.63. The summed E-state index contributed by atoms with van der Waals surface area (Å²) in [5.41, 5.74) is 1.51. The summed E-state index contributed by atoms with van der Waals surface area (Å²) in [4.78, 5) is 27.9. The Bertz CT molecular complexity index is 1580. The summed E-state index contributed by atoms with van der Waals surface area (Å²) in [7, 11) is 0.671. The van der Waals surface area contributed by atoms with E-state index in [1.807, 2.05) is 6.92 Å². The number of sulfonamides is 1. The lowest BCUT2D eigenvalue weighted by Gasteiger charge is -2.33. The smallest absolute Gasteiger partial charge is 0.323 e. The fraction of sp³-hybridized carbons (Fsp3) is 0.375. The van der Waals surface area contributed by atoms with Crippen LogP contribution in [0.15, 0.2) is 71.6 Å². The molecule has 3 N–H and O–H groups in total. The van der Waals surface area contributed by atoms with Gasteiger partial charge in [0.1, 0.15) is 23.4 Å². The van der Waals surface area contributed by atoms with Gasteiger partial charge in [0.05, 0.1) is 44.7 Å². The summed E-state index contributed by atoms with van der Waals surface area (Å²) in [5, 5.41) is 15.4. The van der Waals surface area contributed by atoms with E-state index in [2.05, 4.69) is 10.6 Å². The van der Waals surface area contributed by atoms with E-state index < -0.39 is 28.2 Å². The van der Waals surface area contributed by atoms with E-state index in [9.17, 15) is 23.1 Å². The number of carbonyl (C=O) groups excluding carboxylic acids is 2. The van der Waals surface area contributed by atoms with Crippen molar-refractivity contribution in [2.45, 2.75) is 37.3 Å². The number of fused-ring (bicyclic) bond motifs is 1. The second-order valence-electron chi connectivity index (χ2n) is 11.0. The molecule has 0 unspecified atom stereocenters. The van der Waals surface area contributed by atoms with E-state index in [4.69, 9.17) is 14.2 Å². The molecule has 0 aliphatic carbocycles. The van der Waals surface area contributed by atoms with Crippen molar-refractivity contribution in [3.63, 3.8) is 0 Å². The third kappa shape index (κ3) is 8.24. The highest BCUT2D eigenvalue weighted by molar-refractivity contribution is 7.89. The zero-order chi connectivity index (χ0) is 32.7. The topological polar surface area (TPSA) is 147 Å². The van der Waals surface area contributed by atoms with Gasteiger partial charge in [0, 0.05) is 36.4 Å². The lowest BCUT2D eigenvalue weighted by molar-refractivity contribution is -0.134. The Morgan fingerprint density at radius 3 is 2.20 bits per heavy atom. The molecule has 0 fully saturated rings. The highest BCUT2D eigenvalue weighted by Gasteiger charge is 2.33. The molecule has 3 aromatic rings. The summed E-state index contributed by atoms with van der Waals surface area (Å²) >= 11 is 0. The van der Waals surface area contributed by atoms with Gasteiger partial charge in [-0.1, -0.05) is 6.92 Å². The van der Waals surface area contributed by atoms with Gasteiger partial charge in [0.15, 0.2) is 0 Å². The van der Waals surface area contributed by atoms with Crippen molar-refractivity contribution in [1.29, 1.82) is 0 Å². The number of nitrogens with zero attached hydrogens (tertiary/aromatic N) is 2. The number of rotatable bonds is 10. The molecule has 4 rings (SSSR count). The molecule has 242 valence electrons. The van der Waals surface area contributed by atoms with E-state index >= 15 is 0 Å². The lowest BCUT2D eigenvalue weighted by Crippen LogP contribution is -2.48. The Kier molecular flexibility index (Phi) is 10.9. The maximum Gasteiger partial charge on any atom is 0.323 e. The number of hydrogen-bond donors (Lipinski definition) is 3. The van der Waals surface area contributed by atoms with Gasteiger partial charge in [-0.2, -0.15) is 4.31 Å². The van der Waals surface area contributed by atoms with Crippen molar-refractivity contribution in [2.24, 2.45) is 5.92 Å². The van der Waals surface area contributed by atoms with Gasteiger partial charge in [-0.25, -0.2) is 13.2 Å². The van der Waals surface area contributed by atoms with Crippen molar-refractivity contribution in [1.82, 2.24) is 9.21 Å². The fourth-order valence-corrected chi connectivity index (χ4v) is 6.16. The van der Waals surface area contributed by atoms with Crippen molar-refractivity contribution in [2.75, 3.05) is 51.6 Å². The molecule has 45 heavy (non-hydrogen) atoms. The molecule has 0 radical (unpaired) electrons. The minimum Gasteiger partial charge on any atom is -0.497 e. The molecule has 0 aromatic heterocycles. The van der Waals surface area contributed by atoms with Gasteiger partial charge in [-0.3, -0.25) is 4.79 Å². The van der Waals surface area contributed by atoms with E-state index in [1.165, 1.54) is 30.6 Å². The number of ether oxygens (including phenoxy) is 3. The van der Waals surface area contributed by atoms with Crippen LogP contribution in [0, 0.1) is 5.92 Å². The molecule has 1 heterocycles. The van der Waals surface area contributed by atoms with Gasteiger partial charge >= 0.3 is 6.03 Å². The first-order valence-corrected chi connectivity index (χ1v) is 15.9. The van der Waals surface area contributed by atoms with Crippen LogP contribution in [0.2, 0.25) is 0 Å². The Labute approximate surface area is 263 Å². The minimum atomic E-state index is -3.87. The predicted molar refractivity (Wildman–Crippen MR) is 170 cm³/mol. The number of methoxy groups -OCH3 is 2. The van der Waals surface area contributed by atoms with Crippen molar-refractivity contribution in [3.8, 4) is 17.2 Å². The number of benzene rings is 3. The van der Waals surface area contributed by atoms with Crippen LogP contribution in [0.1, 0.15) is 19.4 Å². The van der Waals surface area contributed by atoms with Gasteiger partial charge < -0.3 is 34.9 Å². The van der Waals surface area contributed by atoms with Crippen molar-refractivity contribution < 1.29 is 37.3 Å². The number of aliphatic hydroxyl groups is 1. The molecule has 3 amide bonds. The third-order valence-electron chi connectivity index (χ3n) is 7.73. The van der Waals surface area contributed by atoms with E-state index in [1.54, 1.807) is 73.5 Å². The molecule has 12 nitrogen and oxygen atoms in total. The first-order valence-electron chi connectivity index (χ1n) is 14.5. The zero-order valence-corrected chi connectivity index (χ0v) is 26.8. The molecule has 3 aromatic carbocycles. The fourth-order valence-electron chi connectivity index (χ4n) is 4.97. The van der Waals surface area contributed by atoms with Crippen LogP contribution in [-0.2, 0) is 21.2 Å². The summed E-state index contributed by atoms with van der Waals surface area (Å²) in [6, 6.07) is 17.0. The highest BCUT2D eigenvalue weighted by atomic mass is 32.2. The maximum absolute atomic E-state index is 13.5. The summed E-state index contributed by atoms with van der Waals surface area (Å²) in [5.74, 6) is 1.06. The second kappa shape index (κ2) is 14.6. The number of amides is 3. The minimum absolute atomic E-state index is 0.00518. The van der Waals surface area contributed by atoms with Crippen LogP contribution in [0.4, 0.5) is 16.2 Å². The quantitative estimate of drug-likeness (QED) is 0.303. The average molecular weight is 641 g/mol. The molecule has 0 spiro atoms. The van der Waals surface area contributed by atoms with Crippen molar-refractivity contribution in [3.05, 3.63) is 72.3 Å². The largest absolute Gasteiger partial charge is 0.497 e. The predicted octanol–water partition coefficient (Wildman–Crippen LogP) is 3.82. The first-order chi connectivity index (χ1) is 21.4. The molecule has 0 saturated heterocycles. The molecular formula is C32H40N4O8S. The number of likely N-dealkylation sites (N-methyl/N-ethyl adjacent to an activating group) is 1. The van der Waals surface area contributed by atoms with E-state index in [0.717, 1.165) is 0 Å². The normalized spacial score (nSPS) is 17.7. The van der Waals surface area contributed by atoms with Crippen molar-refractivity contribution >= 4 is 33.3 Å². The van der Waals surface area contributed by atoms with Gasteiger partial charge in [-0.05, 0) is 73.7 Å². The van der Waals surface area contributed by atoms with Crippen LogP contribution in [0.25, 0.3) is 0 Å². The van der Waals surface area contributed by atoms with Gasteiger partial charge in [0.2, 0.25) is 15.9 Å². The number of hydrogen-bond acceptors (Lipinski definition) is 8. The molecule has 13 heteroatoms. The number of nitrogens with one attached hydrogen (secondary N) is 2. The average Bonchev–Trinajstić information content (AvgIpc) is 3.08. The SMILES string of the molecule is COc1ccc(NC(=O)Nc2ccc3c(c2)CC(=O)N([C@H](C)CO)C[C@H](C)[C@@H](CN(C)S(=O)(=O)c2ccc(OC)cc2)O3)cc1. The van der Waals surface area contributed by atoms with E-state index in [-0.39, 0.29) is 42.8 Å².